The van der Waals surface area contributed by atoms with Crippen molar-refractivity contribution in [2.24, 2.45) is 0 Å². The van der Waals surface area contributed by atoms with Gasteiger partial charge in [0.05, 0.1) is 5.56 Å². The number of halogens is 1. The van der Waals surface area contributed by atoms with Crippen LogP contribution in [0.3, 0.4) is 0 Å². The molecule has 0 bridgehead atoms. The molecule has 3 N–H and O–H groups in total. The van der Waals surface area contributed by atoms with Crippen LogP contribution in [0.25, 0.3) is 0 Å². The lowest BCUT2D eigenvalue weighted by molar-refractivity contribution is 0.0944. The summed E-state index contributed by atoms with van der Waals surface area (Å²) in [6.45, 7) is 4.42. The first-order valence-electron chi connectivity index (χ1n) is 9.99. The number of aromatic nitrogens is 1. The maximum absolute atomic E-state index is 12.8. The molecule has 1 aromatic heterocycles. The lowest BCUT2D eigenvalue weighted by atomic mass is 9.98. The Labute approximate surface area is 187 Å². The number of anilines is 2. The summed E-state index contributed by atoms with van der Waals surface area (Å²) in [4.78, 5) is 28.9. The standard InChI is InChI=1S/C24H25ClN4O2/c1-15(2)20-12-22(29-19-6-4-5-18(25)11-19)27-14-21(20)24(31)28-13-16-7-9-17(10-8-16)23(30)26-3/h4-12,14-15H,13H2,1-3H3,(H,26,30)(H,27,29)(H,28,31). The number of pyridine rings is 1. The quantitative estimate of drug-likeness (QED) is 0.492. The van der Waals surface area contributed by atoms with Gasteiger partial charge in [0, 0.05) is 36.1 Å². The van der Waals surface area contributed by atoms with Crippen LogP contribution >= 0.6 is 11.6 Å². The summed E-state index contributed by atoms with van der Waals surface area (Å²) in [5, 5.41) is 9.37. The van der Waals surface area contributed by atoms with E-state index in [2.05, 4.69) is 20.9 Å². The van der Waals surface area contributed by atoms with Crippen LogP contribution in [-0.2, 0) is 6.54 Å². The van der Waals surface area contributed by atoms with Gasteiger partial charge in [-0.15, -0.1) is 0 Å². The molecule has 31 heavy (non-hydrogen) atoms. The number of nitrogens with zero attached hydrogens (tertiary/aromatic N) is 1. The van der Waals surface area contributed by atoms with Gasteiger partial charge in [0.2, 0.25) is 0 Å². The number of benzene rings is 2. The summed E-state index contributed by atoms with van der Waals surface area (Å²) in [5.74, 6) is 0.443. The van der Waals surface area contributed by atoms with Gasteiger partial charge in [-0.2, -0.15) is 0 Å². The van der Waals surface area contributed by atoms with Crippen molar-refractivity contribution in [2.75, 3.05) is 12.4 Å². The molecule has 3 aromatic rings. The van der Waals surface area contributed by atoms with Crippen LogP contribution in [0, 0.1) is 0 Å². The van der Waals surface area contributed by atoms with Crippen molar-refractivity contribution in [2.45, 2.75) is 26.3 Å². The molecule has 160 valence electrons. The predicted molar refractivity (Wildman–Crippen MR) is 124 cm³/mol. The molecule has 0 radical (unpaired) electrons. The van der Waals surface area contributed by atoms with Gasteiger partial charge in [-0.1, -0.05) is 43.6 Å². The second kappa shape index (κ2) is 10.1. The number of hydrogen-bond acceptors (Lipinski definition) is 4. The molecule has 6 nitrogen and oxygen atoms in total. The zero-order valence-corrected chi connectivity index (χ0v) is 18.5. The molecule has 0 aliphatic heterocycles. The summed E-state index contributed by atoms with van der Waals surface area (Å²) < 4.78 is 0. The largest absolute Gasteiger partial charge is 0.355 e. The minimum Gasteiger partial charge on any atom is -0.355 e. The van der Waals surface area contributed by atoms with E-state index in [4.69, 9.17) is 11.6 Å². The Balaban J connectivity index is 1.72. The van der Waals surface area contributed by atoms with Crippen molar-refractivity contribution >= 4 is 34.9 Å². The third kappa shape index (κ3) is 5.83. The van der Waals surface area contributed by atoms with Gasteiger partial charge in [-0.05, 0) is 53.4 Å². The van der Waals surface area contributed by atoms with Crippen molar-refractivity contribution in [3.8, 4) is 0 Å². The molecule has 0 unspecified atom stereocenters. The molecule has 0 aliphatic carbocycles. The Hall–Kier alpha value is -3.38. The molecule has 7 heteroatoms. The SMILES string of the molecule is CNC(=O)c1ccc(CNC(=O)c2cnc(Nc3cccc(Cl)c3)cc2C(C)C)cc1. The highest BCUT2D eigenvalue weighted by Gasteiger charge is 2.16. The molecule has 0 fully saturated rings. The second-order valence-electron chi connectivity index (χ2n) is 7.41. The minimum atomic E-state index is -0.194. The van der Waals surface area contributed by atoms with Gasteiger partial charge in [0.15, 0.2) is 0 Å². The highest BCUT2D eigenvalue weighted by atomic mass is 35.5. The lowest BCUT2D eigenvalue weighted by Crippen LogP contribution is -2.24. The molecule has 0 spiro atoms. The van der Waals surface area contributed by atoms with Crippen LogP contribution in [0.5, 0.6) is 0 Å². The number of amides is 2. The first-order chi connectivity index (χ1) is 14.9. The first-order valence-corrected chi connectivity index (χ1v) is 10.4. The molecule has 0 saturated heterocycles. The summed E-state index contributed by atoms with van der Waals surface area (Å²) in [6.07, 6.45) is 1.59. The molecular weight excluding hydrogens is 412 g/mol. The van der Waals surface area contributed by atoms with Gasteiger partial charge in [-0.25, -0.2) is 4.98 Å². The molecule has 0 atom stereocenters. The van der Waals surface area contributed by atoms with Crippen LogP contribution in [0.4, 0.5) is 11.5 Å². The number of rotatable bonds is 7. The van der Waals surface area contributed by atoms with Crippen LogP contribution in [0.15, 0.2) is 60.8 Å². The molecule has 0 aliphatic rings. The Bertz CT molecular complexity index is 1080. The van der Waals surface area contributed by atoms with Crippen molar-refractivity contribution in [3.05, 3.63) is 88.1 Å². The average Bonchev–Trinajstić information content (AvgIpc) is 2.77. The number of carbonyl (C=O) groups is 2. The Morgan fingerprint density at radius 1 is 1.03 bits per heavy atom. The van der Waals surface area contributed by atoms with Crippen molar-refractivity contribution in [3.63, 3.8) is 0 Å². The summed E-state index contributed by atoms with van der Waals surface area (Å²) in [6, 6.07) is 16.4. The summed E-state index contributed by atoms with van der Waals surface area (Å²) >= 11 is 6.04. The van der Waals surface area contributed by atoms with Crippen LogP contribution in [0.2, 0.25) is 5.02 Å². The number of carbonyl (C=O) groups excluding carboxylic acids is 2. The minimum absolute atomic E-state index is 0.135. The van der Waals surface area contributed by atoms with E-state index in [9.17, 15) is 9.59 Å². The molecule has 0 saturated carbocycles. The number of nitrogens with one attached hydrogen (secondary N) is 3. The van der Waals surface area contributed by atoms with E-state index in [0.717, 1.165) is 16.8 Å². The maximum atomic E-state index is 12.8. The van der Waals surface area contributed by atoms with Crippen molar-refractivity contribution in [1.29, 1.82) is 0 Å². The van der Waals surface area contributed by atoms with Gasteiger partial charge >= 0.3 is 0 Å². The van der Waals surface area contributed by atoms with Crippen molar-refractivity contribution < 1.29 is 9.59 Å². The highest BCUT2D eigenvalue weighted by Crippen LogP contribution is 2.25. The third-order valence-electron chi connectivity index (χ3n) is 4.80. The highest BCUT2D eigenvalue weighted by molar-refractivity contribution is 6.30. The monoisotopic (exact) mass is 436 g/mol. The number of hydrogen-bond donors (Lipinski definition) is 3. The van der Waals surface area contributed by atoms with E-state index in [-0.39, 0.29) is 17.7 Å². The fraction of sp³-hybridized carbons (Fsp3) is 0.208. The fourth-order valence-corrected chi connectivity index (χ4v) is 3.31. The zero-order chi connectivity index (χ0) is 22.4. The van der Waals surface area contributed by atoms with E-state index in [0.29, 0.717) is 28.5 Å². The molecule has 2 aromatic carbocycles. The third-order valence-corrected chi connectivity index (χ3v) is 5.03. The van der Waals surface area contributed by atoms with E-state index in [1.165, 1.54) is 0 Å². The van der Waals surface area contributed by atoms with E-state index >= 15 is 0 Å². The van der Waals surface area contributed by atoms with Crippen LogP contribution < -0.4 is 16.0 Å². The second-order valence-corrected chi connectivity index (χ2v) is 7.84. The van der Waals surface area contributed by atoms with Crippen molar-refractivity contribution in [1.82, 2.24) is 15.6 Å². The molecule has 3 rings (SSSR count). The smallest absolute Gasteiger partial charge is 0.253 e. The normalized spacial score (nSPS) is 10.6. The molecular formula is C24H25ClN4O2. The van der Waals surface area contributed by atoms with Crippen LogP contribution in [0.1, 0.15) is 51.6 Å². The van der Waals surface area contributed by atoms with Gasteiger partial charge in [-0.3, -0.25) is 9.59 Å². The Morgan fingerprint density at radius 2 is 1.77 bits per heavy atom. The summed E-state index contributed by atoms with van der Waals surface area (Å²) in [7, 11) is 1.59. The summed E-state index contributed by atoms with van der Waals surface area (Å²) in [5.41, 5.74) is 3.73. The first kappa shape index (κ1) is 22.3. The maximum Gasteiger partial charge on any atom is 0.253 e. The topological polar surface area (TPSA) is 83.1 Å². The van der Waals surface area contributed by atoms with E-state index in [1.54, 1.807) is 31.4 Å². The average molecular weight is 437 g/mol. The Morgan fingerprint density at radius 3 is 2.42 bits per heavy atom. The molecule has 2 amide bonds. The van der Waals surface area contributed by atoms with Gasteiger partial charge in [0.25, 0.3) is 11.8 Å². The van der Waals surface area contributed by atoms with E-state index in [1.807, 2.05) is 50.2 Å². The van der Waals surface area contributed by atoms with Gasteiger partial charge in [0.1, 0.15) is 5.82 Å². The Kier molecular flexibility index (Phi) is 7.26. The van der Waals surface area contributed by atoms with E-state index < -0.39 is 0 Å². The fourth-order valence-electron chi connectivity index (χ4n) is 3.12. The molecule has 1 heterocycles. The predicted octanol–water partition coefficient (Wildman–Crippen LogP) is 4.89. The zero-order valence-electron chi connectivity index (χ0n) is 17.7. The van der Waals surface area contributed by atoms with Crippen LogP contribution in [-0.4, -0.2) is 23.8 Å². The lowest BCUT2D eigenvalue weighted by Gasteiger charge is -2.15. The van der Waals surface area contributed by atoms with Gasteiger partial charge < -0.3 is 16.0 Å².